The van der Waals surface area contributed by atoms with Crippen LogP contribution < -0.4 is 14.4 Å². The lowest BCUT2D eigenvalue weighted by Gasteiger charge is -2.33. The van der Waals surface area contributed by atoms with E-state index in [0.29, 0.717) is 24.5 Å². The smallest absolute Gasteiger partial charge is 0.264 e. The standard InChI is InChI=1S/C34H35F2N3O5S/c1-3-37-34(41)32(22-25-8-6-5-7-9-25)38(23-26-10-12-27(35)13-11-26)33(40)24-39(29-16-14-28(36)15-17-29)45(42,43)31-20-18-30(19-21-31)44-4-2/h5-21,32H,3-4,22-24H2,1-2H3,(H,37,41)/t32-/m0/s1. The van der Waals surface area contributed by atoms with Crippen LogP contribution in [0.5, 0.6) is 5.75 Å². The van der Waals surface area contributed by atoms with Gasteiger partial charge in [-0.25, -0.2) is 17.2 Å². The number of rotatable bonds is 14. The molecule has 0 fully saturated rings. The Labute approximate surface area is 262 Å². The zero-order valence-electron chi connectivity index (χ0n) is 25.0. The summed E-state index contributed by atoms with van der Waals surface area (Å²) in [6.07, 6.45) is 0.141. The SMILES string of the molecule is CCNC(=O)[C@H](Cc1ccccc1)N(Cc1ccc(F)cc1)C(=O)CN(c1ccc(F)cc1)S(=O)(=O)c1ccc(OCC)cc1. The summed E-state index contributed by atoms with van der Waals surface area (Å²) in [5.74, 6) is -1.70. The number of anilines is 1. The van der Waals surface area contributed by atoms with Crippen molar-refractivity contribution in [2.45, 2.75) is 37.8 Å². The van der Waals surface area contributed by atoms with Crippen molar-refractivity contribution in [3.8, 4) is 5.75 Å². The summed E-state index contributed by atoms with van der Waals surface area (Å²) in [7, 11) is -4.36. The van der Waals surface area contributed by atoms with Gasteiger partial charge in [0, 0.05) is 19.5 Å². The average Bonchev–Trinajstić information content (AvgIpc) is 3.04. The highest BCUT2D eigenvalue weighted by atomic mass is 32.2. The van der Waals surface area contributed by atoms with Crippen LogP contribution in [0, 0.1) is 11.6 Å². The predicted octanol–water partition coefficient (Wildman–Crippen LogP) is 5.34. The first-order chi connectivity index (χ1) is 21.6. The van der Waals surface area contributed by atoms with Crippen LogP contribution in [-0.4, -0.2) is 50.9 Å². The monoisotopic (exact) mass is 635 g/mol. The van der Waals surface area contributed by atoms with Crippen molar-refractivity contribution in [1.82, 2.24) is 10.2 Å². The van der Waals surface area contributed by atoms with Crippen LogP contribution in [0.1, 0.15) is 25.0 Å². The van der Waals surface area contributed by atoms with E-state index in [9.17, 15) is 26.8 Å². The molecule has 0 saturated heterocycles. The lowest BCUT2D eigenvalue weighted by Crippen LogP contribution is -2.53. The minimum atomic E-state index is -4.36. The van der Waals surface area contributed by atoms with Crippen molar-refractivity contribution in [3.63, 3.8) is 0 Å². The minimum absolute atomic E-state index is 0.0537. The molecule has 2 amide bonds. The van der Waals surface area contributed by atoms with Gasteiger partial charge in [-0.3, -0.25) is 13.9 Å². The Morgan fingerprint density at radius 3 is 1.98 bits per heavy atom. The van der Waals surface area contributed by atoms with E-state index in [1.807, 2.05) is 30.3 Å². The van der Waals surface area contributed by atoms with Crippen LogP contribution in [0.4, 0.5) is 14.5 Å². The maximum absolute atomic E-state index is 14.3. The van der Waals surface area contributed by atoms with E-state index in [0.717, 1.165) is 22.0 Å². The summed E-state index contributed by atoms with van der Waals surface area (Å²) in [5, 5.41) is 2.78. The molecule has 4 aromatic rings. The number of amides is 2. The van der Waals surface area contributed by atoms with Crippen LogP contribution in [-0.2, 0) is 32.6 Å². The number of nitrogens with one attached hydrogen (secondary N) is 1. The molecule has 236 valence electrons. The van der Waals surface area contributed by atoms with Gasteiger partial charge in [-0.1, -0.05) is 42.5 Å². The highest BCUT2D eigenvalue weighted by Gasteiger charge is 2.34. The second kappa shape index (κ2) is 15.3. The first-order valence-electron chi connectivity index (χ1n) is 14.5. The van der Waals surface area contributed by atoms with Crippen LogP contribution in [0.3, 0.4) is 0 Å². The molecular weight excluding hydrogens is 600 g/mol. The zero-order chi connectivity index (χ0) is 32.4. The van der Waals surface area contributed by atoms with Crippen molar-refractivity contribution in [3.05, 3.63) is 126 Å². The highest BCUT2D eigenvalue weighted by Crippen LogP contribution is 2.27. The largest absolute Gasteiger partial charge is 0.494 e. The Morgan fingerprint density at radius 1 is 0.800 bits per heavy atom. The van der Waals surface area contributed by atoms with Crippen molar-refractivity contribution in [1.29, 1.82) is 0 Å². The Bertz CT molecular complexity index is 1670. The van der Waals surface area contributed by atoms with E-state index < -0.39 is 46.1 Å². The van der Waals surface area contributed by atoms with Gasteiger partial charge in [0.25, 0.3) is 10.0 Å². The average molecular weight is 636 g/mol. The van der Waals surface area contributed by atoms with Crippen LogP contribution in [0.2, 0.25) is 0 Å². The van der Waals surface area contributed by atoms with Crippen LogP contribution >= 0.6 is 0 Å². The van der Waals surface area contributed by atoms with Gasteiger partial charge in [0.2, 0.25) is 11.8 Å². The molecule has 4 rings (SSSR count). The third kappa shape index (κ3) is 8.66. The van der Waals surface area contributed by atoms with E-state index in [-0.39, 0.29) is 23.5 Å². The number of sulfonamides is 1. The summed E-state index contributed by atoms with van der Waals surface area (Å²) in [5.41, 5.74) is 1.37. The van der Waals surface area contributed by atoms with Crippen LogP contribution in [0.15, 0.2) is 108 Å². The number of ether oxygens (including phenoxy) is 1. The van der Waals surface area contributed by atoms with E-state index in [1.54, 1.807) is 13.8 Å². The van der Waals surface area contributed by atoms with Crippen molar-refractivity contribution >= 4 is 27.5 Å². The summed E-state index contributed by atoms with van der Waals surface area (Å²) < 4.78 is 62.0. The molecule has 0 aromatic heterocycles. The zero-order valence-corrected chi connectivity index (χ0v) is 25.8. The molecule has 0 spiro atoms. The summed E-state index contributed by atoms with van der Waals surface area (Å²) in [6.45, 7) is 3.44. The molecule has 0 aliphatic rings. The molecule has 0 heterocycles. The first kappa shape index (κ1) is 33.1. The van der Waals surface area contributed by atoms with Gasteiger partial charge in [0.15, 0.2) is 0 Å². The molecule has 0 saturated carbocycles. The topological polar surface area (TPSA) is 96.0 Å². The molecule has 0 aliphatic carbocycles. The molecule has 0 bridgehead atoms. The number of halogens is 2. The molecule has 0 aliphatic heterocycles. The maximum Gasteiger partial charge on any atom is 0.264 e. The molecule has 1 atom stereocenters. The lowest BCUT2D eigenvalue weighted by atomic mass is 10.0. The number of benzene rings is 4. The van der Waals surface area contributed by atoms with E-state index in [1.165, 1.54) is 65.6 Å². The number of carbonyl (C=O) groups excluding carboxylic acids is 2. The molecule has 4 aromatic carbocycles. The number of hydrogen-bond donors (Lipinski definition) is 1. The van der Waals surface area contributed by atoms with Gasteiger partial charge in [0.1, 0.15) is 30.0 Å². The Morgan fingerprint density at radius 2 is 1.40 bits per heavy atom. The van der Waals surface area contributed by atoms with Gasteiger partial charge in [-0.2, -0.15) is 0 Å². The second-order valence-electron chi connectivity index (χ2n) is 10.1. The summed E-state index contributed by atoms with van der Waals surface area (Å²) >= 11 is 0. The van der Waals surface area contributed by atoms with Gasteiger partial charge < -0.3 is 15.0 Å². The van der Waals surface area contributed by atoms with Gasteiger partial charge in [-0.15, -0.1) is 0 Å². The third-order valence-corrected chi connectivity index (χ3v) is 8.79. The predicted molar refractivity (Wildman–Crippen MR) is 168 cm³/mol. The van der Waals surface area contributed by atoms with E-state index in [4.69, 9.17) is 4.74 Å². The Hall–Kier alpha value is -4.77. The van der Waals surface area contributed by atoms with Gasteiger partial charge in [-0.05, 0) is 85.6 Å². The quantitative estimate of drug-likeness (QED) is 0.202. The molecule has 0 radical (unpaired) electrons. The lowest BCUT2D eigenvalue weighted by molar-refractivity contribution is -0.140. The minimum Gasteiger partial charge on any atom is -0.494 e. The van der Waals surface area contributed by atoms with Gasteiger partial charge >= 0.3 is 0 Å². The Balaban J connectivity index is 1.77. The van der Waals surface area contributed by atoms with Crippen molar-refractivity contribution < 1.29 is 31.5 Å². The molecule has 8 nitrogen and oxygen atoms in total. The van der Waals surface area contributed by atoms with Crippen molar-refractivity contribution in [2.24, 2.45) is 0 Å². The normalized spacial score (nSPS) is 11.8. The second-order valence-corrected chi connectivity index (χ2v) is 12.0. The molecule has 0 unspecified atom stereocenters. The van der Waals surface area contributed by atoms with E-state index >= 15 is 0 Å². The summed E-state index contributed by atoms with van der Waals surface area (Å²) in [4.78, 5) is 29.0. The summed E-state index contributed by atoms with van der Waals surface area (Å²) in [6, 6.07) is 24.1. The van der Waals surface area contributed by atoms with E-state index in [2.05, 4.69) is 5.32 Å². The third-order valence-electron chi connectivity index (χ3n) is 7.00. The number of nitrogens with zero attached hydrogens (tertiary/aromatic N) is 2. The number of carbonyl (C=O) groups is 2. The fourth-order valence-electron chi connectivity index (χ4n) is 4.77. The first-order valence-corrected chi connectivity index (χ1v) is 15.9. The fraction of sp³-hybridized carbons (Fsp3) is 0.235. The molecule has 11 heteroatoms. The number of likely N-dealkylation sites (N-methyl/N-ethyl adjacent to an activating group) is 1. The maximum atomic E-state index is 14.3. The number of hydrogen-bond acceptors (Lipinski definition) is 5. The molecular formula is C34H35F2N3O5S. The van der Waals surface area contributed by atoms with Gasteiger partial charge in [0.05, 0.1) is 17.2 Å². The fourth-order valence-corrected chi connectivity index (χ4v) is 6.18. The molecule has 45 heavy (non-hydrogen) atoms. The molecule has 1 N–H and O–H groups in total. The van der Waals surface area contributed by atoms with Crippen molar-refractivity contribution in [2.75, 3.05) is 24.0 Å². The van der Waals surface area contributed by atoms with Crippen LogP contribution in [0.25, 0.3) is 0 Å². The highest BCUT2D eigenvalue weighted by molar-refractivity contribution is 7.92. The Kier molecular flexibility index (Phi) is 11.3.